The van der Waals surface area contributed by atoms with Crippen LogP contribution < -0.4 is 10.1 Å². The van der Waals surface area contributed by atoms with Crippen molar-refractivity contribution in [2.24, 2.45) is 11.8 Å². The Labute approximate surface area is 168 Å². The van der Waals surface area contributed by atoms with Crippen molar-refractivity contribution in [3.05, 3.63) is 29.8 Å². The molecule has 1 aromatic rings. The van der Waals surface area contributed by atoms with Crippen LogP contribution in [0.15, 0.2) is 24.3 Å². The summed E-state index contributed by atoms with van der Waals surface area (Å²) in [5, 5.41) is 3.23. The Morgan fingerprint density at radius 3 is 2.68 bits per heavy atom. The second-order valence-corrected chi connectivity index (χ2v) is 8.67. The fourth-order valence-electron chi connectivity index (χ4n) is 4.11. The fourth-order valence-corrected chi connectivity index (χ4v) is 4.11. The molecule has 1 saturated heterocycles. The van der Waals surface area contributed by atoms with Gasteiger partial charge in [0.1, 0.15) is 5.75 Å². The van der Waals surface area contributed by atoms with Gasteiger partial charge in [0.15, 0.2) is 0 Å². The first-order valence-electron chi connectivity index (χ1n) is 10.9. The summed E-state index contributed by atoms with van der Waals surface area (Å²) in [5.41, 5.74) is 0.634. The van der Waals surface area contributed by atoms with Gasteiger partial charge in [0.25, 0.3) is 5.91 Å². The van der Waals surface area contributed by atoms with E-state index in [2.05, 4.69) is 19.2 Å². The third-order valence-corrected chi connectivity index (χ3v) is 5.70. The van der Waals surface area contributed by atoms with E-state index in [0.29, 0.717) is 37.2 Å². The summed E-state index contributed by atoms with van der Waals surface area (Å²) in [4.78, 5) is 27.5. The smallest absolute Gasteiger partial charge is 0.254 e. The highest BCUT2D eigenvalue weighted by molar-refractivity contribution is 5.95. The second-order valence-electron chi connectivity index (χ2n) is 8.67. The highest BCUT2D eigenvalue weighted by Gasteiger charge is 2.30. The van der Waals surface area contributed by atoms with Gasteiger partial charge >= 0.3 is 0 Å². The number of hydrogen-bond acceptors (Lipinski definition) is 3. The molecular weight excluding hydrogens is 352 g/mol. The van der Waals surface area contributed by atoms with Crippen LogP contribution >= 0.6 is 0 Å². The summed E-state index contributed by atoms with van der Waals surface area (Å²) in [6, 6.07) is 7.71. The Balaban J connectivity index is 1.57. The lowest BCUT2D eigenvalue weighted by molar-refractivity contribution is -0.127. The zero-order chi connectivity index (χ0) is 19.9. The average Bonchev–Trinajstić information content (AvgIpc) is 2.72. The largest absolute Gasteiger partial charge is 0.493 e. The number of benzene rings is 1. The lowest BCUT2D eigenvalue weighted by Gasteiger charge is -2.33. The minimum atomic E-state index is -0.0972. The van der Waals surface area contributed by atoms with Gasteiger partial charge in [0.05, 0.1) is 12.5 Å². The number of piperidine rings is 1. The van der Waals surface area contributed by atoms with E-state index in [1.54, 1.807) is 0 Å². The molecule has 0 bridgehead atoms. The van der Waals surface area contributed by atoms with Gasteiger partial charge in [-0.25, -0.2) is 0 Å². The van der Waals surface area contributed by atoms with Gasteiger partial charge in [-0.1, -0.05) is 39.2 Å². The minimum absolute atomic E-state index is 0.00911. The van der Waals surface area contributed by atoms with Crippen molar-refractivity contribution < 1.29 is 14.3 Å². The van der Waals surface area contributed by atoms with Crippen LogP contribution in [0.1, 0.15) is 69.2 Å². The van der Waals surface area contributed by atoms with E-state index >= 15 is 0 Å². The van der Waals surface area contributed by atoms with Crippen LogP contribution in [0, 0.1) is 11.8 Å². The summed E-state index contributed by atoms with van der Waals surface area (Å²) < 4.78 is 5.75. The molecule has 1 N–H and O–H groups in total. The molecule has 154 valence electrons. The van der Waals surface area contributed by atoms with Crippen molar-refractivity contribution >= 4 is 11.8 Å². The Kier molecular flexibility index (Phi) is 7.35. The quantitative estimate of drug-likeness (QED) is 0.803. The minimum Gasteiger partial charge on any atom is -0.493 e. The average molecular weight is 387 g/mol. The number of hydrogen-bond donors (Lipinski definition) is 1. The Bertz CT molecular complexity index is 668. The first kappa shape index (κ1) is 20.7. The van der Waals surface area contributed by atoms with E-state index in [-0.39, 0.29) is 17.7 Å². The molecule has 5 nitrogen and oxygen atoms in total. The number of nitrogens with one attached hydrogen (secondary N) is 1. The molecule has 1 heterocycles. The third kappa shape index (κ3) is 5.73. The number of carbonyl (C=O) groups excluding carboxylic acids is 2. The van der Waals surface area contributed by atoms with E-state index in [9.17, 15) is 9.59 Å². The van der Waals surface area contributed by atoms with Gasteiger partial charge in [-0.15, -0.1) is 0 Å². The van der Waals surface area contributed by atoms with Gasteiger partial charge in [0.2, 0.25) is 5.91 Å². The number of nitrogens with zero attached hydrogens (tertiary/aromatic N) is 1. The third-order valence-electron chi connectivity index (χ3n) is 5.70. The maximum atomic E-state index is 13.0. The molecule has 1 aliphatic carbocycles. The zero-order valence-electron chi connectivity index (χ0n) is 17.3. The predicted molar refractivity (Wildman–Crippen MR) is 110 cm³/mol. The SMILES string of the molecule is CC(C)COc1cccc(C(=O)N2CCCC(C(=O)NC3CCCCC3)C2)c1. The number of likely N-dealkylation sites (tertiary alicyclic amines) is 1. The van der Waals surface area contributed by atoms with Crippen LogP contribution in [0.3, 0.4) is 0 Å². The predicted octanol–water partition coefficient (Wildman–Crippen LogP) is 4.02. The van der Waals surface area contributed by atoms with E-state index in [1.165, 1.54) is 19.3 Å². The fraction of sp³-hybridized carbons (Fsp3) is 0.652. The van der Waals surface area contributed by atoms with E-state index in [4.69, 9.17) is 4.74 Å². The molecule has 2 aliphatic rings. The van der Waals surface area contributed by atoms with Gasteiger partial charge < -0.3 is 15.0 Å². The highest BCUT2D eigenvalue weighted by Crippen LogP contribution is 2.23. The van der Waals surface area contributed by atoms with E-state index in [1.807, 2.05) is 29.2 Å². The Morgan fingerprint density at radius 1 is 1.14 bits per heavy atom. The van der Waals surface area contributed by atoms with Crippen molar-refractivity contribution in [3.8, 4) is 5.75 Å². The molecule has 1 aromatic carbocycles. The molecule has 3 rings (SSSR count). The lowest BCUT2D eigenvalue weighted by Crippen LogP contribution is -2.47. The molecule has 0 spiro atoms. The molecule has 0 radical (unpaired) electrons. The van der Waals surface area contributed by atoms with Crippen LogP contribution in [0.25, 0.3) is 0 Å². The first-order valence-corrected chi connectivity index (χ1v) is 10.9. The van der Waals surface area contributed by atoms with E-state index in [0.717, 1.165) is 31.4 Å². The maximum absolute atomic E-state index is 13.0. The second kappa shape index (κ2) is 9.94. The monoisotopic (exact) mass is 386 g/mol. The normalized spacial score (nSPS) is 20.8. The number of rotatable bonds is 6. The molecule has 28 heavy (non-hydrogen) atoms. The Hall–Kier alpha value is -2.04. The van der Waals surface area contributed by atoms with Crippen molar-refractivity contribution in [1.82, 2.24) is 10.2 Å². The van der Waals surface area contributed by atoms with Crippen LogP contribution in [-0.2, 0) is 4.79 Å². The molecule has 1 unspecified atom stereocenters. The molecule has 5 heteroatoms. The van der Waals surface area contributed by atoms with Crippen LogP contribution in [0.5, 0.6) is 5.75 Å². The van der Waals surface area contributed by atoms with Gasteiger partial charge in [-0.05, 0) is 49.8 Å². The molecule has 2 amide bonds. The Morgan fingerprint density at radius 2 is 1.93 bits per heavy atom. The van der Waals surface area contributed by atoms with Crippen molar-refractivity contribution in [3.63, 3.8) is 0 Å². The topological polar surface area (TPSA) is 58.6 Å². The molecule has 0 aromatic heterocycles. The number of carbonyl (C=O) groups is 2. The van der Waals surface area contributed by atoms with Crippen molar-refractivity contribution in [2.75, 3.05) is 19.7 Å². The van der Waals surface area contributed by atoms with Crippen molar-refractivity contribution in [2.45, 2.75) is 64.8 Å². The standard InChI is InChI=1S/C23H34N2O3/c1-17(2)16-28-21-12-6-8-18(14-21)23(27)25-13-7-9-19(15-25)22(26)24-20-10-4-3-5-11-20/h6,8,12,14,17,19-20H,3-5,7,9-11,13,15-16H2,1-2H3,(H,24,26). The number of amides is 2. The summed E-state index contributed by atoms with van der Waals surface area (Å²) >= 11 is 0. The van der Waals surface area contributed by atoms with Gasteiger partial charge in [-0.2, -0.15) is 0 Å². The van der Waals surface area contributed by atoms with Crippen LogP contribution in [-0.4, -0.2) is 42.5 Å². The maximum Gasteiger partial charge on any atom is 0.254 e. The molecular formula is C23H34N2O3. The van der Waals surface area contributed by atoms with Gasteiger partial charge in [0, 0.05) is 24.7 Å². The molecule has 2 fully saturated rings. The zero-order valence-corrected chi connectivity index (χ0v) is 17.3. The van der Waals surface area contributed by atoms with E-state index < -0.39 is 0 Å². The summed E-state index contributed by atoms with van der Waals surface area (Å²) in [7, 11) is 0. The molecule has 1 atom stereocenters. The lowest BCUT2D eigenvalue weighted by atomic mass is 9.92. The number of ether oxygens (including phenoxy) is 1. The summed E-state index contributed by atoms with van der Waals surface area (Å²) in [6.45, 7) is 6.05. The molecule has 1 aliphatic heterocycles. The van der Waals surface area contributed by atoms with Gasteiger partial charge in [-0.3, -0.25) is 9.59 Å². The summed E-state index contributed by atoms with van der Waals surface area (Å²) in [6.07, 6.45) is 7.59. The van der Waals surface area contributed by atoms with Crippen LogP contribution in [0.2, 0.25) is 0 Å². The first-order chi connectivity index (χ1) is 13.5. The highest BCUT2D eigenvalue weighted by atomic mass is 16.5. The van der Waals surface area contributed by atoms with Crippen LogP contribution in [0.4, 0.5) is 0 Å². The summed E-state index contributed by atoms with van der Waals surface area (Å²) in [5.74, 6) is 1.18. The molecule has 1 saturated carbocycles. The van der Waals surface area contributed by atoms with Crippen molar-refractivity contribution in [1.29, 1.82) is 0 Å².